The van der Waals surface area contributed by atoms with Crippen molar-refractivity contribution in [3.8, 4) is 0 Å². The molecule has 0 aliphatic heterocycles. The van der Waals surface area contributed by atoms with Gasteiger partial charge in [-0.1, -0.05) is 6.92 Å². The number of ether oxygens (including phenoxy) is 1. The van der Waals surface area contributed by atoms with Crippen LogP contribution in [0.15, 0.2) is 11.2 Å². The Bertz CT molecular complexity index is 785. The van der Waals surface area contributed by atoms with Gasteiger partial charge in [-0.3, -0.25) is 0 Å². The molecule has 0 aromatic carbocycles. The molecule has 148 valence electrons. The van der Waals surface area contributed by atoms with Crippen molar-refractivity contribution in [2.75, 3.05) is 13.2 Å². The first-order valence-electron chi connectivity index (χ1n) is 9.11. The maximum atomic E-state index is 12.0. The van der Waals surface area contributed by atoms with Gasteiger partial charge in [-0.15, -0.1) is 22.7 Å². The average Bonchev–Trinajstić information content (AvgIpc) is 3.26. The summed E-state index contributed by atoms with van der Waals surface area (Å²) >= 11 is 3.04. The van der Waals surface area contributed by atoms with Crippen LogP contribution in [0.5, 0.6) is 0 Å². The number of carbonyl (C=O) groups is 1. The number of hydrogen-bond acceptors (Lipinski definition) is 7. The summed E-state index contributed by atoms with van der Waals surface area (Å²) in [4.78, 5) is 27.4. The van der Waals surface area contributed by atoms with Gasteiger partial charge in [0.25, 0.3) is 0 Å². The van der Waals surface area contributed by atoms with E-state index in [2.05, 4.69) is 32.5 Å². The highest BCUT2D eigenvalue weighted by atomic mass is 32.1. The number of nitrogens with zero attached hydrogens (tertiary/aromatic N) is 3. The Labute approximate surface area is 168 Å². The number of esters is 1. The van der Waals surface area contributed by atoms with E-state index in [-0.39, 0.29) is 12.0 Å². The highest BCUT2D eigenvalue weighted by molar-refractivity contribution is 7.13. The second-order valence-electron chi connectivity index (χ2n) is 5.82. The second kappa shape index (κ2) is 10.4. The molecule has 2 aromatic heterocycles. The molecule has 0 aliphatic carbocycles. The van der Waals surface area contributed by atoms with Crippen molar-refractivity contribution in [3.05, 3.63) is 31.7 Å². The Balaban J connectivity index is 2.07. The van der Waals surface area contributed by atoms with E-state index in [4.69, 9.17) is 4.74 Å². The van der Waals surface area contributed by atoms with Crippen molar-refractivity contribution in [2.45, 2.75) is 53.6 Å². The van der Waals surface area contributed by atoms with E-state index in [1.807, 2.05) is 27.0 Å². The third kappa shape index (κ3) is 6.00. The quantitative estimate of drug-likeness (QED) is 0.394. The van der Waals surface area contributed by atoms with E-state index in [0.717, 1.165) is 23.0 Å². The van der Waals surface area contributed by atoms with E-state index >= 15 is 0 Å². The number of thiazole rings is 2. The second-order valence-corrected chi connectivity index (χ2v) is 8.05. The molecule has 2 N–H and O–H groups in total. The van der Waals surface area contributed by atoms with Crippen molar-refractivity contribution in [3.63, 3.8) is 0 Å². The van der Waals surface area contributed by atoms with Gasteiger partial charge >= 0.3 is 5.97 Å². The molecule has 2 aromatic rings. The van der Waals surface area contributed by atoms with Crippen molar-refractivity contribution < 1.29 is 9.53 Å². The number of aryl methyl sites for hydroxylation is 2. The van der Waals surface area contributed by atoms with E-state index in [1.165, 1.54) is 16.2 Å². The molecule has 0 saturated heterocycles. The SMILES string of the molecule is CCNC(=NCc1ncc(CC)s1)NC(C)c1nc(C)c(C(=O)OCC)s1. The minimum Gasteiger partial charge on any atom is -0.462 e. The minimum atomic E-state index is -0.318. The Morgan fingerprint density at radius 1 is 1.33 bits per heavy atom. The topological polar surface area (TPSA) is 88.5 Å². The van der Waals surface area contributed by atoms with Crippen molar-refractivity contribution >= 4 is 34.6 Å². The molecule has 27 heavy (non-hydrogen) atoms. The molecular weight excluding hydrogens is 382 g/mol. The Morgan fingerprint density at radius 2 is 2.11 bits per heavy atom. The zero-order valence-corrected chi connectivity index (χ0v) is 18.1. The van der Waals surface area contributed by atoms with Crippen LogP contribution in [0.3, 0.4) is 0 Å². The lowest BCUT2D eigenvalue weighted by atomic mass is 10.3. The summed E-state index contributed by atoms with van der Waals surface area (Å²) in [5.41, 5.74) is 0.693. The number of carbonyl (C=O) groups excluding carboxylic acids is 1. The van der Waals surface area contributed by atoms with Crippen LogP contribution in [0.1, 0.15) is 64.0 Å². The molecule has 1 unspecified atom stereocenters. The van der Waals surface area contributed by atoms with E-state index < -0.39 is 0 Å². The Hall–Kier alpha value is -2.00. The fourth-order valence-corrected chi connectivity index (χ4v) is 4.06. The predicted octanol–water partition coefficient (Wildman–Crippen LogP) is 3.46. The monoisotopic (exact) mass is 409 g/mol. The van der Waals surface area contributed by atoms with Crippen LogP contribution in [0.25, 0.3) is 0 Å². The molecule has 7 nitrogen and oxygen atoms in total. The van der Waals surface area contributed by atoms with Gasteiger partial charge < -0.3 is 15.4 Å². The number of rotatable bonds is 8. The van der Waals surface area contributed by atoms with Gasteiger partial charge in [-0.05, 0) is 34.1 Å². The summed E-state index contributed by atoms with van der Waals surface area (Å²) in [5.74, 6) is 0.380. The van der Waals surface area contributed by atoms with E-state index in [0.29, 0.717) is 29.7 Å². The van der Waals surface area contributed by atoms with Crippen molar-refractivity contribution in [1.82, 2.24) is 20.6 Å². The van der Waals surface area contributed by atoms with Gasteiger partial charge in [0.15, 0.2) is 5.96 Å². The fourth-order valence-electron chi connectivity index (χ4n) is 2.31. The van der Waals surface area contributed by atoms with Crippen LogP contribution in [0, 0.1) is 6.92 Å². The standard InChI is InChI=1S/C18H27N5O2S2/c1-6-13-9-20-14(26-13)10-21-18(19-7-2)23-12(5)16-22-11(4)15(27-16)17(24)25-8-3/h9,12H,6-8,10H2,1-5H3,(H2,19,21,23). The molecular formula is C18H27N5O2S2. The molecule has 0 spiro atoms. The maximum absolute atomic E-state index is 12.0. The van der Waals surface area contributed by atoms with Gasteiger partial charge in [-0.25, -0.2) is 19.8 Å². The summed E-state index contributed by atoms with van der Waals surface area (Å²) in [5, 5.41) is 8.40. The molecule has 0 saturated carbocycles. The molecule has 0 aliphatic rings. The van der Waals surface area contributed by atoms with E-state index in [1.54, 1.807) is 18.3 Å². The summed E-state index contributed by atoms with van der Waals surface area (Å²) in [6.45, 7) is 11.4. The summed E-state index contributed by atoms with van der Waals surface area (Å²) in [6, 6.07) is -0.0859. The molecule has 1 atom stereocenters. The van der Waals surface area contributed by atoms with Crippen LogP contribution in [-0.4, -0.2) is 35.0 Å². The molecule has 0 radical (unpaired) electrons. The normalized spacial score (nSPS) is 12.7. The average molecular weight is 410 g/mol. The Morgan fingerprint density at radius 3 is 2.74 bits per heavy atom. The van der Waals surface area contributed by atoms with Gasteiger partial charge in [0.1, 0.15) is 14.9 Å². The lowest BCUT2D eigenvalue weighted by molar-refractivity contribution is 0.0531. The molecule has 0 amide bonds. The summed E-state index contributed by atoms with van der Waals surface area (Å²) in [6.07, 6.45) is 2.90. The van der Waals surface area contributed by atoms with Crippen LogP contribution in [0.2, 0.25) is 0 Å². The lowest BCUT2D eigenvalue weighted by Crippen LogP contribution is -2.38. The first-order chi connectivity index (χ1) is 13.0. The number of aromatic nitrogens is 2. The first-order valence-corrected chi connectivity index (χ1v) is 10.7. The fraction of sp³-hybridized carbons (Fsp3) is 0.556. The van der Waals surface area contributed by atoms with Crippen LogP contribution < -0.4 is 10.6 Å². The number of hydrogen-bond donors (Lipinski definition) is 2. The number of nitrogens with one attached hydrogen (secondary N) is 2. The first kappa shape index (κ1) is 21.3. The van der Waals surface area contributed by atoms with Crippen molar-refractivity contribution in [1.29, 1.82) is 0 Å². The van der Waals surface area contributed by atoms with Gasteiger partial charge in [0.05, 0.1) is 24.9 Å². The molecule has 2 rings (SSSR count). The third-order valence-electron chi connectivity index (χ3n) is 3.66. The van der Waals surface area contributed by atoms with Crippen LogP contribution >= 0.6 is 22.7 Å². The smallest absolute Gasteiger partial charge is 0.350 e. The molecule has 2 heterocycles. The highest BCUT2D eigenvalue weighted by Gasteiger charge is 2.20. The molecule has 0 fully saturated rings. The van der Waals surface area contributed by atoms with Gasteiger partial charge in [-0.2, -0.15) is 0 Å². The summed E-state index contributed by atoms with van der Waals surface area (Å²) < 4.78 is 5.09. The zero-order valence-electron chi connectivity index (χ0n) is 16.5. The van der Waals surface area contributed by atoms with Gasteiger partial charge in [0.2, 0.25) is 0 Å². The maximum Gasteiger partial charge on any atom is 0.350 e. The van der Waals surface area contributed by atoms with Gasteiger partial charge in [0, 0.05) is 17.6 Å². The summed E-state index contributed by atoms with van der Waals surface area (Å²) in [7, 11) is 0. The van der Waals surface area contributed by atoms with Crippen molar-refractivity contribution in [2.24, 2.45) is 4.99 Å². The van der Waals surface area contributed by atoms with E-state index in [9.17, 15) is 4.79 Å². The zero-order chi connectivity index (χ0) is 19.8. The highest BCUT2D eigenvalue weighted by Crippen LogP contribution is 2.24. The minimum absolute atomic E-state index is 0.0859. The van der Waals surface area contributed by atoms with Crippen LogP contribution in [-0.2, 0) is 17.7 Å². The predicted molar refractivity (Wildman–Crippen MR) is 111 cm³/mol. The Kier molecular flexibility index (Phi) is 8.18. The largest absolute Gasteiger partial charge is 0.462 e. The molecule has 9 heteroatoms. The number of aliphatic imine (C=N–C) groups is 1. The number of guanidine groups is 1. The third-order valence-corrected chi connectivity index (χ3v) is 6.11. The lowest BCUT2D eigenvalue weighted by Gasteiger charge is -2.15. The molecule has 0 bridgehead atoms. The van der Waals surface area contributed by atoms with Crippen LogP contribution in [0.4, 0.5) is 0 Å².